The van der Waals surface area contributed by atoms with Crippen molar-refractivity contribution in [3.63, 3.8) is 0 Å². The standard InChI is InChI=1S/C16H20N4O2/c1-12-17-15(19-22-12)11-16(21)18-13-5-7-14(8-6-13)20-9-3-2-4-10-20/h5-8H,2-4,9-11H2,1H3,(H,18,21). The van der Waals surface area contributed by atoms with Crippen molar-refractivity contribution in [2.75, 3.05) is 23.3 Å². The summed E-state index contributed by atoms with van der Waals surface area (Å²) in [6, 6.07) is 7.98. The van der Waals surface area contributed by atoms with E-state index < -0.39 is 0 Å². The summed E-state index contributed by atoms with van der Waals surface area (Å²) < 4.78 is 4.85. The van der Waals surface area contributed by atoms with Gasteiger partial charge in [-0.25, -0.2) is 0 Å². The molecule has 6 heteroatoms. The van der Waals surface area contributed by atoms with Crippen LogP contribution < -0.4 is 10.2 Å². The van der Waals surface area contributed by atoms with Gasteiger partial charge in [-0.2, -0.15) is 4.98 Å². The highest BCUT2D eigenvalue weighted by molar-refractivity contribution is 5.91. The third kappa shape index (κ3) is 3.63. The number of benzene rings is 1. The Balaban J connectivity index is 1.57. The quantitative estimate of drug-likeness (QED) is 0.939. The zero-order valence-corrected chi connectivity index (χ0v) is 12.7. The van der Waals surface area contributed by atoms with Crippen molar-refractivity contribution in [2.24, 2.45) is 0 Å². The molecule has 1 aliphatic rings. The molecule has 0 radical (unpaired) electrons. The zero-order chi connectivity index (χ0) is 15.4. The van der Waals surface area contributed by atoms with Gasteiger partial charge in [0.2, 0.25) is 11.8 Å². The van der Waals surface area contributed by atoms with Gasteiger partial charge in [0.1, 0.15) is 0 Å². The van der Waals surface area contributed by atoms with Gasteiger partial charge in [0, 0.05) is 31.4 Å². The van der Waals surface area contributed by atoms with E-state index in [0.29, 0.717) is 11.7 Å². The molecule has 0 unspecified atom stereocenters. The minimum atomic E-state index is -0.147. The lowest BCUT2D eigenvalue weighted by atomic mass is 10.1. The van der Waals surface area contributed by atoms with E-state index in [0.717, 1.165) is 18.8 Å². The van der Waals surface area contributed by atoms with Crippen LogP contribution in [0.1, 0.15) is 31.0 Å². The number of nitrogens with one attached hydrogen (secondary N) is 1. The van der Waals surface area contributed by atoms with Gasteiger partial charge in [-0.05, 0) is 43.5 Å². The van der Waals surface area contributed by atoms with Crippen molar-refractivity contribution in [3.05, 3.63) is 36.0 Å². The molecule has 1 amide bonds. The number of aromatic nitrogens is 2. The summed E-state index contributed by atoms with van der Waals surface area (Å²) in [6.45, 7) is 3.93. The second-order valence-corrected chi connectivity index (χ2v) is 5.55. The predicted molar refractivity (Wildman–Crippen MR) is 83.9 cm³/mol. The van der Waals surface area contributed by atoms with Crippen molar-refractivity contribution in [1.29, 1.82) is 0 Å². The lowest BCUT2D eigenvalue weighted by Crippen LogP contribution is -2.29. The Labute approximate surface area is 129 Å². The van der Waals surface area contributed by atoms with Crippen LogP contribution in [-0.2, 0) is 11.2 Å². The van der Waals surface area contributed by atoms with Gasteiger partial charge in [-0.15, -0.1) is 0 Å². The number of rotatable bonds is 4. The molecule has 6 nitrogen and oxygen atoms in total. The number of anilines is 2. The Morgan fingerprint density at radius 1 is 1.23 bits per heavy atom. The molecule has 0 aliphatic carbocycles. The lowest BCUT2D eigenvalue weighted by Gasteiger charge is -2.28. The minimum Gasteiger partial charge on any atom is -0.372 e. The fraction of sp³-hybridized carbons (Fsp3) is 0.438. The van der Waals surface area contributed by atoms with Crippen LogP contribution in [0.15, 0.2) is 28.8 Å². The first-order valence-corrected chi connectivity index (χ1v) is 7.65. The molecule has 0 spiro atoms. The number of nitrogens with zero attached hydrogens (tertiary/aromatic N) is 3. The van der Waals surface area contributed by atoms with E-state index in [1.807, 2.05) is 12.1 Å². The van der Waals surface area contributed by atoms with Crippen LogP contribution in [0, 0.1) is 6.92 Å². The fourth-order valence-corrected chi connectivity index (χ4v) is 2.67. The molecule has 1 aromatic heterocycles. The summed E-state index contributed by atoms with van der Waals surface area (Å²) in [5.74, 6) is 0.722. The van der Waals surface area contributed by atoms with Crippen molar-refractivity contribution in [1.82, 2.24) is 10.1 Å². The van der Waals surface area contributed by atoms with E-state index in [4.69, 9.17) is 4.52 Å². The van der Waals surface area contributed by atoms with Crippen molar-refractivity contribution in [3.8, 4) is 0 Å². The number of piperidine rings is 1. The van der Waals surface area contributed by atoms with Crippen LogP contribution in [0.5, 0.6) is 0 Å². The number of amides is 1. The lowest BCUT2D eigenvalue weighted by molar-refractivity contribution is -0.115. The molecule has 0 atom stereocenters. The van der Waals surface area contributed by atoms with Gasteiger partial charge in [0.15, 0.2) is 5.82 Å². The highest BCUT2D eigenvalue weighted by atomic mass is 16.5. The molecule has 1 saturated heterocycles. The molecule has 116 valence electrons. The first-order chi connectivity index (χ1) is 10.7. The molecule has 1 aliphatic heterocycles. The maximum Gasteiger partial charge on any atom is 0.232 e. The Morgan fingerprint density at radius 3 is 2.59 bits per heavy atom. The smallest absolute Gasteiger partial charge is 0.232 e. The van der Waals surface area contributed by atoms with Crippen molar-refractivity contribution < 1.29 is 9.32 Å². The fourth-order valence-electron chi connectivity index (χ4n) is 2.67. The normalized spacial score (nSPS) is 14.9. The molecule has 22 heavy (non-hydrogen) atoms. The SMILES string of the molecule is Cc1nc(CC(=O)Nc2ccc(N3CCCCC3)cc2)no1. The van der Waals surface area contributed by atoms with E-state index in [1.54, 1.807) is 6.92 Å². The van der Waals surface area contributed by atoms with Gasteiger partial charge < -0.3 is 14.7 Å². The minimum absolute atomic E-state index is 0.116. The highest BCUT2D eigenvalue weighted by Gasteiger charge is 2.12. The first kappa shape index (κ1) is 14.6. The zero-order valence-electron chi connectivity index (χ0n) is 12.7. The van der Waals surface area contributed by atoms with E-state index in [2.05, 4.69) is 32.5 Å². The summed E-state index contributed by atoms with van der Waals surface area (Å²) in [5, 5.41) is 6.57. The van der Waals surface area contributed by atoms with Gasteiger partial charge in [0.05, 0.1) is 6.42 Å². The second-order valence-electron chi connectivity index (χ2n) is 5.55. The van der Waals surface area contributed by atoms with E-state index in [-0.39, 0.29) is 12.3 Å². The van der Waals surface area contributed by atoms with Crippen LogP contribution in [0.3, 0.4) is 0 Å². The number of hydrogen-bond donors (Lipinski definition) is 1. The molecule has 3 rings (SSSR count). The summed E-state index contributed by atoms with van der Waals surface area (Å²) in [6.07, 6.45) is 3.94. The van der Waals surface area contributed by atoms with Gasteiger partial charge >= 0.3 is 0 Å². The van der Waals surface area contributed by atoms with Crippen LogP contribution in [0.25, 0.3) is 0 Å². The summed E-state index contributed by atoms with van der Waals surface area (Å²) in [4.78, 5) is 18.3. The Bertz CT molecular complexity index is 630. The molecule has 1 fully saturated rings. The Kier molecular flexibility index (Phi) is 4.37. The largest absolute Gasteiger partial charge is 0.372 e. The molecule has 1 aromatic carbocycles. The average molecular weight is 300 g/mol. The Morgan fingerprint density at radius 2 is 1.95 bits per heavy atom. The van der Waals surface area contributed by atoms with Crippen LogP contribution in [0.4, 0.5) is 11.4 Å². The van der Waals surface area contributed by atoms with Crippen LogP contribution >= 0.6 is 0 Å². The molecular weight excluding hydrogens is 280 g/mol. The Hall–Kier alpha value is -2.37. The average Bonchev–Trinajstić information content (AvgIpc) is 2.94. The first-order valence-electron chi connectivity index (χ1n) is 7.65. The van der Waals surface area contributed by atoms with E-state index in [9.17, 15) is 4.79 Å². The number of hydrogen-bond acceptors (Lipinski definition) is 5. The van der Waals surface area contributed by atoms with Crippen LogP contribution in [0.2, 0.25) is 0 Å². The third-order valence-electron chi connectivity index (χ3n) is 3.76. The van der Waals surface area contributed by atoms with Crippen molar-refractivity contribution in [2.45, 2.75) is 32.6 Å². The molecular formula is C16H20N4O2. The molecule has 2 aromatic rings. The number of aryl methyl sites for hydroxylation is 1. The summed E-state index contributed by atoms with van der Waals surface area (Å²) >= 11 is 0. The predicted octanol–water partition coefficient (Wildman–Crippen LogP) is 2.55. The third-order valence-corrected chi connectivity index (χ3v) is 3.76. The molecule has 1 N–H and O–H groups in total. The maximum atomic E-state index is 11.9. The van der Waals surface area contributed by atoms with Gasteiger partial charge in [-0.1, -0.05) is 5.16 Å². The summed E-state index contributed by atoms with van der Waals surface area (Å²) in [7, 11) is 0. The monoisotopic (exact) mass is 300 g/mol. The highest BCUT2D eigenvalue weighted by Crippen LogP contribution is 2.21. The number of carbonyl (C=O) groups is 1. The van der Waals surface area contributed by atoms with Crippen molar-refractivity contribution >= 4 is 17.3 Å². The maximum absolute atomic E-state index is 11.9. The number of carbonyl (C=O) groups excluding carboxylic acids is 1. The van der Waals surface area contributed by atoms with Gasteiger partial charge in [-0.3, -0.25) is 4.79 Å². The molecule has 0 saturated carbocycles. The van der Waals surface area contributed by atoms with E-state index >= 15 is 0 Å². The molecule has 2 heterocycles. The topological polar surface area (TPSA) is 71.3 Å². The van der Waals surface area contributed by atoms with Gasteiger partial charge in [0.25, 0.3) is 0 Å². The van der Waals surface area contributed by atoms with Crippen LogP contribution in [-0.4, -0.2) is 29.1 Å². The van der Waals surface area contributed by atoms with E-state index in [1.165, 1.54) is 24.9 Å². The molecule has 0 bridgehead atoms. The summed E-state index contributed by atoms with van der Waals surface area (Å²) in [5.41, 5.74) is 2.00. The second kappa shape index (κ2) is 6.60.